The monoisotopic (exact) mass is 277 g/mol. The highest BCUT2D eigenvalue weighted by molar-refractivity contribution is 7.71. The fourth-order valence-electron chi connectivity index (χ4n) is 2.34. The normalized spacial score (nSPS) is 16.6. The number of hydrogen-bond donors (Lipinski definition) is 1. The van der Waals surface area contributed by atoms with Crippen LogP contribution in [0.1, 0.15) is 48.7 Å². The van der Waals surface area contributed by atoms with Crippen LogP contribution in [-0.2, 0) is 0 Å². The van der Waals surface area contributed by atoms with Crippen LogP contribution in [0.15, 0.2) is 18.2 Å². The van der Waals surface area contributed by atoms with E-state index in [1.54, 1.807) is 13.0 Å². The van der Waals surface area contributed by atoms with Crippen molar-refractivity contribution >= 4 is 12.2 Å². The first-order chi connectivity index (χ1) is 9.08. The van der Waals surface area contributed by atoms with E-state index in [0.29, 0.717) is 16.3 Å². The average molecular weight is 277 g/mol. The number of aryl methyl sites for hydroxylation is 1. The van der Waals surface area contributed by atoms with E-state index in [1.807, 2.05) is 23.6 Å². The predicted molar refractivity (Wildman–Crippen MR) is 74.3 cm³/mol. The van der Waals surface area contributed by atoms with Crippen molar-refractivity contribution < 1.29 is 4.39 Å². The topological polar surface area (TPSA) is 33.6 Å². The molecule has 1 aliphatic carbocycles. The highest BCUT2D eigenvalue weighted by Gasteiger charge is 2.30. The van der Waals surface area contributed by atoms with Crippen molar-refractivity contribution in [3.8, 4) is 0 Å². The van der Waals surface area contributed by atoms with Gasteiger partial charge in [0.2, 0.25) is 0 Å². The van der Waals surface area contributed by atoms with Gasteiger partial charge in [0, 0.05) is 5.92 Å². The molecule has 0 aliphatic heterocycles. The molecule has 3 rings (SSSR count). The Hall–Kier alpha value is -1.49. The molecular formula is C14H16FN3S. The van der Waals surface area contributed by atoms with Gasteiger partial charge >= 0.3 is 0 Å². The van der Waals surface area contributed by atoms with Gasteiger partial charge in [0.05, 0.1) is 6.04 Å². The molecule has 1 heterocycles. The molecule has 1 aromatic carbocycles. The number of hydrogen-bond acceptors (Lipinski definition) is 2. The Kier molecular flexibility index (Phi) is 3.01. The number of aromatic nitrogens is 3. The summed E-state index contributed by atoms with van der Waals surface area (Å²) in [4.78, 5) is 0. The molecular weight excluding hydrogens is 261 g/mol. The van der Waals surface area contributed by atoms with Crippen LogP contribution < -0.4 is 0 Å². The molecule has 100 valence electrons. The van der Waals surface area contributed by atoms with Crippen LogP contribution in [0.4, 0.5) is 4.39 Å². The van der Waals surface area contributed by atoms with Gasteiger partial charge in [0.15, 0.2) is 4.77 Å². The second-order valence-electron chi connectivity index (χ2n) is 5.22. The van der Waals surface area contributed by atoms with Gasteiger partial charge in [-0.1, -0.05) is 12.1 Å². The molecule has 0 radical (unpaired) electrons. The third kappa shape index (κ3) is 2.23. The summed E-state index contributed by atoms with van der Waals surface area (Å²) < 4.78 is 16.3. The first-order valence-corrected chi connectivity index (χ1v) is 6.91. The molecule has 0 amide bonds. The van der Waals surface area contributed by atoms with Gasteiger partial charge < -0.3 is 0 Å². The van der Waals surface area contributed by atoms with E-state index >= 15 is 0 Å². The minimum atomic E-state index is -0.174. The van der Waals surface area contributed by atoms with Gasteiger partial charge in [-0.15, -0.1) is 0 Å². The zero-order valence-electron chi connectivity index (χ0n) is 11.0. The maximum absolute atomic E-state index is 13.7. The third-order valence-corrected chi connectivity index (χ3v) is 4.03. The lowest BCUT2D eigenvalue weighted by Crippen LogP contribution is -2.11. The van der Waals surface area contributed by atoms with Gasteiger partial charge in [0.25, 0.3) is 0 Å². The molecule has 1 aliphatic rings. The van der Waals surface area contributed by atoms with E-state index in [-0.39, 0.29) is 11.9 Å². The van der Waals surface area contributed by atoms with Crippen molar-refractivity contribution in [1.29, 1.82) is 0 Å². The lowest BCUT2D eigenvalue weighted by molar-refractivity contribution is 0.578. The Morgan fingerprint density at radius 3 is 2.84 bits per heavy atom. The molecule has 19 heavy (non-hydrogen) atoms. The Bertz CT molecular complexity index is 670. The summed E-state index contributed by atoms with van der Waals surface area (Å²) in [5, 5.41) is 7.17. The summed E-state index contributed by atoms with van der Waals surface area (Å²) >= 11 is 5.31. The van der Waals surface area contributed by atoms with E-state index in [4.69, 9.17) is 12.2 Å². The summed E-state index contributed by atoms with van der Waals surface area (Å²) in [5.74, 6) is 1.33. The van der Waals surface area contributed by atoms with E-state index in [9.17, 15) is 4.39 Å². The van der Waals surface area contributed by atoms with Crippen LogP contribution in [0.5, 0.6) is 0 Å². The molecule has 1 N–H and O–H groups in total. The van der Waals surface area contributed by atoms with Gasteiger partial charge in [-0.2, -0.15) is 5.10 Å². The molecule has 2 aromatic rings. The minimum absolute atomic E-state index is 0.00282. The number of aromatic amines is 1. The lowest BCUT2D eigenvalue weighted by atomic mass is 10.1. The maximum atomic E-state index is 13.7. The van der Waals surface area contributed by atoms with Crippen LogP contribution in [-0.4, -0.2) is 14.8 Å². The van der Waals surface area contributed by atoms with E-state index < -0.39 is 0 Å². The van der Waals surface area contributed by atoms with Crippen molar-refractivity contribution in [3.63, 3.8) is 0 Å². The number of halogens is 1. The molecule has 1 atom stereocenters. The Morgan fingerprint density at radius 1 is 1.47 bits per heavy atom. The Balaban J connectivity index is 2.03. The summed E-state index contributed by atoms with van der Waals surface area (Å²) in [6.45, 7) is 3.80. The second-order valence-corrected chi connectivity index (χ2v) is 5.60. The first-order valence-electron chi connectivity index (χ1n) is 6.50. The molecule has 1 aromatic heterocycles. The van der Waals surface area contributed by atoms with Crippen LogP contribution >= 0.6 is 12.2 Å². The fourth-order valence-corrected chi connectivity index (χ4v) is 2.64. The van der Waals surface area contributed by atoms with Gasteiger partial charge in [-0.3, -0.25) is 9.67 Å². The summed E-state index contributed by atoms with van der Waals surface area (Å²) in [5.41, 5.74) is 1.58. The van der Waals surface area contributed by atoms with E-state index in [2.05, 4.69) is 10.2 Å². The molecule has 0 spiro atoms. The zero-order chi connectivity index (χ0) is 13.6. The molecule has 1 fully saturated rings. The summed E-state index contributed by atoms with van der Waals surface area (Å²) in [7, 11) is 0. The van der Waals surface area contributed by atoms with Gasteiger partial charge in [-0.05, 0) is 56.1 Å². The van der Waals surface area contributed by atoms with Crippen LogP contribution in [0.2, 0.25) is 0 Å². The molecule has 5 heteroatoms. The Morgan fingerprint density at radius 2 is 2.21 bits per heavy atom. The number of benzene rings is 1. The van der Waals surface area contributed by atoms with Crippen LogP contribution in [0.25, 0.3) is 0 Å². The van der Waals surface area contributed by atoms with Crippen LogP contribution in [0.3, 0.4) is 0 Å². The van der Waals surface area contributed by atoms with Crippen molar-refractivity contribution in [2.45, 2.75) is 38.6 Å². The summed E-state index contributed by atoms with van der Waals surface area (Å²) in [6.07, 6.45) is 2.32. The number of H-pyrrole nitrogens is 1. The second kappa shape index (κ2) is 4.56. The lowest BCUT2D eigenvalue weighted by Gasteiger charge is -2.16. The van der Waals surface area contributed by atoms with Crippen molar-refractivity contribution in [2.75, 3.05) is 0 Å². The van der Waals surface area contributed by atoms with Crippen LogP contribution in [0, 0.1) is 17.5 Å². The molecule has 1 saturated carbocycles. The minimum Gasteiger partial charge on any atom is -0.297 e. The largest absolute Gasteiger partial charge is 0.297 e. The molecule has 0 saturated heterocycles. The van der Waals surface area contributed by atoms with Gasteiger partial charge in [-0.25, -0.2) is 4.39 Å². The smallest absolute Gasteiger partial charge is 0.195 e. The molecule has 0 bridgehead atoms. The molecule has 1 unspecified atom stereocenters. The highest BCUT2D eigenvalue weighted by atomic mass is 32.1. The standard InChI is InChI=1S/C14H16FN3S/c1-8-3-4-11(7-12(8)15)9(2)18-13(10-5-6-10)16-17-14(18)19/h3-4,7,9-10H,5-6H2,1-2H3,(H,17,19). The highest BCUT2D eigenvalue weighted by Crippen LogP contribution is 2.40. The van der Waals surface area contributed by atoms with Crippen molar-refractivity contribution in [1.82, 2.24) is 14.8 Å². The van der Waals surface area contributed by atoms with Gasteiger partial charge in [0.1, 0.15) is 11.6 Å². The molecule has 3 nitrogen and oxygen atoms in total. The van der Waals surface area contributed by atoms with E-state index in [1.165, 1.54) is 0 Å². The Labute approximate surface area is 116 Å². The van der Waals surface area contributed by atoms with Crippen molar-refractivity contribution in [2.24, 2.45) is 0 Å². The summed E-state index contributed by atoms with van der Waals surface area (Å²) in [6, 6.07) is 5.35. The number of nitrogens with one attached hydrogen (secondary N) is 1. The number of nitrogens with zero attached hydrogens (tertiary/aromatic N) is 2. The zero-order valence-corrected chi connectivity index (χ0v) is 11.8. The van der Waals surface area contributed by atoms with E-state index in [0.717, 1.165) is 24.2 Å². The predicted octanol–water partition coefficient (Wildman–Crippen LogP) is 3.87. The maximum Gasteiger partial charge on any atom is 0.195 e. The fraction of sp³-hybridized carbons (Fsp3) is 0.429. The quantitative estimate of drug-likeness (QED) is 0.864. The average Bonchev–Trinajstić information content (AvgIpc) is 3.15. The SMILES string of the molecule is Cc1ccc(C(C)n2c(C3CC3)n[nH]c2=S)cc1F. The third-order valence-electron chi connectivity index (χ3n) is 3.74. The first kappa shape index (κ1) is 12.5. The number of rotatable bonds is 3. The van der Waals surface area contributed by atoms with Crippen molar-refractivity contribution in [3.05, 3.63) is 45.7 Å².